The van der Waals surface area contributed by atoms with Gasteiger partial charge in [-0.3, -0.25) is 4.79 Å². The Morgan fingerprint density at radius 3 is 2.45 bits per heavy atom. The van der Waals surface area contributed by atoms with Crippen molar-refractivity contribution < 1.29 is 4.79 Å². The van der Waals surface area contributed by atoms with Crippen molar-refractivity contribution in [3.05, 3.63) is 65.2 Å². The molecule has 4 heteroatoms. The number of hydrogen-bond acceptors (Lipinski definition) is 3. The van der Waals surface area contributed by atoms with Gasteiger partial charge in [0.1, 0.15) is 0 Å². The average Bonchev–Trinajstić information content (AvgIpc) is 2.53. The van der Waals surface area contributed by atoms with Crippen molar-refractivity contribution >= 4 is 23.4 Å². The Morgan fingerprint density at radius 2 is 1.82 bits per heavy atom. The van der Waals surface area contributed by atoms with Crippen molar-refractivity contribution in [2.24, 2.45) is 0 Å². The van der Waals surface area contributed by atoms with Crippen LogP contribution < -0.4 is 10.2 Å². The van der Waals surface area contributed by atoms with Crippen LogP contribution in [0.1, 0.15) is 21.5 Å². The molecule has 0 bridgehead atoms. The van der Waals surface area contributed by atoms with Crippen LogP contribution in [0.25, 0.3) is 0 Å². The van der Waals surface area contributed by atoms with Gasteiger partial charge >= 0.3 is 0 Å². The third-order valence-corrected chi connectivity index (χ3v) is 4.03. The minimum atomic E-state index is -0.0281. The van der Waals surface area contributed by atoms with Crippen LogP contribution in [0.4, 0.5) is 5.69 Å². The Morgan fingerprint density at radius 1 is 1.09 bits per heavy atom. The molecule has 0 aliphatic heterocycles. The van der Waals surface area contributed by atoms with E-state index < -0.39 is 0 Å². The van der Waals surface area contributed by atoms with Gasteiger partial charge in [0.2, 0.25) is 0 Å². The number of amides is 1. The van der Waals surface area contributed by atoms with E-state index in [4.69, 9.17) is 0 Å². The van der Waals surface area contributed by atoms with Crippen LogP contribution in [-0.4, -0.2) is 26.3 Å². The third kappa shape index (κ3) is 4.53. The van der Waals surface area contributed by atoms with Crippen molar-refractivity contribution in [1.29, 1.82) is 0 Å². The molecule has 0 saturated heterocycles. The molecular formula is C18H22N2OS. The van der Waals surface area contributed by atoms with Crippen molar-refractivity contribution in [3.8, 4) is 0 Å². The van der Waals surface area contributed by atoms with Crippen molar-refractivity contribution in [2.75, 3.05) is 25.3 Å². The first-order chi connectivity index (χ1) is 10.6. The minimum Gasteiger partial charge on any atom is -0.378 e. The molecule has 2 aromatic carbocycles. The minimum absolute atomic E-state index is 0.0281. The predicted molar refractivity (Wildman–Crippen MR) is 95.6 cm³/mol. The Balaban J connectivity index is 1.96. The Kier molecular flexibility index (Phi) is 5.90. The number of nitrogens with zero attached hydrogens (tertiary/aromatic N) is 1. The summed E-state index contributed by atoms with van der Waals surface area (Å²) in [5, 5.41) is 2.97. The van der Waals surface area contributed by atoms with Crippen LogP contribution >= 0.6 is 11.8 Å². The topological polar surface area (TPSA) is 32.3 Å². The van der Waals surface area contributed by atoms with Gasteiger partial charge in [-0.15, -0.1) is 0 Å². The molecule has 0 fully saturated rings. The Labute approximate surface area is 136 Å². The molecule has 0 heterocycles. The molecule has 0 unspecified atom stereocenters. The molecule has 0 aliphatic rings. The molecule has 3 nitrogen and oxygen atoms in total. The van der Waals surface area contributed by atoms with Crippen LogP contribution in [0.2, 0.25) is 0 Å². The van der Waals surface area contributed by atoms with E-state index >= 15 is 0 Å². The summed E-state index contributed by atoms with van der Waals surface area (Å²) in [4.78, 5) is 14.3. The first-order valence-corrected chi connectivity index (χ1v) is 8.62. The van der Waals surface area contributed by atoms with E-state index in [1.165, 1.54) is 5.56 Å². The van der Waals surface area contributed by atoms with Gasteiger partial charge in [-0.25, -0.2) is 0 Å². The van der Waals surface area contributed by atoms with E-state index in [1.807, 2.05) is 50.5 Å². The maximum Gasteiger partial charge on any atom is 0.251 e. The van der Waals surface area contributed by atoms with Crippen molar-refractivity contribution in [2.45, 2.75) is 12.3 Å². The third-order valence-electron chi connectivity index (χ3n) is 3.41. The fraction of sp³-hybridized carbons (Fsp3) is 0.278. The van der Waals surface area contributed by atoms with E-state index in [1.54, 1.807) is 11.8 Å². The van der Waals surface area contributed by atoms with E-state index in [0.29, 0.717) is 6.54 Å². The largest absolute Gasteiger partial charge is 0.378 e. The number of benzene rings is 2. The molecule has 0 saturated carbocycles. The molecule has 0 atom stereocenters. The summed E-state index contributed by atoms with van der Waals surface area (Å²) in [6.45, 7) is 0.541. The van der Waals surface area contributed by atoms with Crippen LogP contribution in [0, 0.1) is 0 Å². The number of anilines is 1. The lowest BCUT2D eigenvalue weighted by Crippen LogP contribution is -2.22. The average molecular weight is 314 g/mol. The Hall–Kier alpha value is -1.94. The van der Waals surface area contributed by atoms with Crippen LogP contribution in [0.3, 0.4) is 0 Å². The van der Waals surface area contributed by atoms with E-state index in [9.17, 15) is 4.79 Å². The van der Waals surface area contributed by atoms with E-state index in [2.05, 4.69) is 28.6 Å². The van der Waals surface area contributed by atoms with Gasteiger partial charge in [0.15, 0.2) is 0 Å². The summed E-state index contributed by atoms with van der Waals surface area (Å²) < 4.78 is 0. The summed E-state index contributed by atoms with van der Waals surface area (Å²) in [6.07, 6.45) is 2.06. The zero-order valence-electron chi connectivity index (χ0n) is 13.3. The second kappa shape index (κ2) is 7.90. The monoisotopic (exact) mass is 314 g/mol. The molecule has 1 amide bonds. The number of thioether (sulfide) groups is 1. The molecule has 0 radical (unpaired) electrons. The lowest BCUT2D eigenvalue weighted by Gasteiger charge is -2.13. The molecule has 22 heavy (non-hydrogen) atoms. The van der Waals surface area contributed by atoms with Crippen molar-refractivity contribution in [3.63, 3.8) is 0 Å². The van der Waals surface area contributed by atoms with Crippen LogP contribution in [0.15, 0.2) is 48.5 Å². The number of hydrogen-bond donors (Lipinski definition) is 1. The van der Waals surface area contributed by atoms with E-state index in [0.717, 1.165) is 22.6 Å². The standard InChI is InChI=1S/C18H22N2OS/c1-20(2)17-9-7-14(8-10-17)12-19-18(21)16-6-4-5-15(11-16)13-22-3/h4-11H,12-13H2,1-3H3,(H,19,21). The highest BCUT2D eigenvalue weighted by atomic mass is 32.2. The normalized spacial score (nSPS) is 10.3. The highest BCUT2D eigenvalue weighted by Crippen LogP contribution is 2.13. The fourth-order valence-corrected chi connectivity index (χ4v) is 2.68. The van der Waals surface area contributed by atoms with Crippen molar-refractivity contribution in [1.82, 2.24) is 5.32 Å². The smallest absolute Gasteiger partial charge is 0.251 e. The second-order valence-corrected chi connectivity index (χ2v) is 6.24. The fourth-order valence-electron chi connectivity index (χ4n) is 2.17. The zero-order valence-corrected chi connectivity index (χ0v) is 14.1. The summed E-state index contributed by atoms with van der Waals surface area (Å²) >= 11 is 1.75. The SMILES string of the molecule is CSCc1cccc(C(=O)NCc2ccc(N(C)C)cc2)c1. The summed E-state index contributed by atoms with van der Waals surface area (Å²) in [5.74, 6) is 0.896. The molecule has 2 aromatic rings. The maximum atomic E-state index is 12.2. The second-order valence-electron chi connectivity index (χ2n) is 5.38. The lowest BCUT2D eigenvalue weighted by atomic mass is 10.1. The first-order valence-electron chi connectivity index (χ1n) is 7.22. The molecule has 2 rings (SSSR count). The molecule has 116 valence electrons. The predicted octanol–water partition coefficient (Wildman–Crippen LogP) is 3.55. The highest BCUT2D eigenvalue weighted by Gasteiger charge is 2.06. The van der Waals surface area contributed by atoms with Gasteiger partial charge < -0.3 is 10.2 Å². The molecule has 1 N–H and O–H groups in total. The van der Waals surface area contributed by atoms with Gasteiger partial charge in [0, 0.05) is 37.6 Å². The van der Waals surface area contributed by atoms with Crippen LogP contribution in [0.5, 0.6) is 0 Å². The summed E-state index contributed by atoms with van der Waals surface area (Å²) in [7, 11) is 4.02. The summed E-state index contributed by atoms with van der Waals surface area (Å²) in [6, 6.07) is 16.0. The highest BCUT2D eigenvalue weighted by molar-refractivity contribution is 7.97. The number of carbonyl (C=O) groups is 1. The summed E-state index contributed by atoms with van der Waals surface area (Å²) in [5.41, 5.74) is 4.14. The maximum absolute atomic E-state index is 12.2. The van der Waals surface area contributed by atoms with Gasteiger partial charge in [-0.05, 0) is 41.6 Å². The quantitative estimate of drug-likeness (QED) is 0.885. The number of rotatable bonds is 6. The van der Waals surface area contributed by atoms with E-state index in [-0.39, 0.29) is 5.91 Å². The first kappa shape index (κ1) is 16.4. The Bertz CT molecular complexity index is 623. The molecule has 0 spiro atoms. The molecule has 0 aromatic heterocycles. The van der Waals surface area contributed by atoms with Gasteiger partial charge in [-0.2, -0.15) is 11.8 Å². The number of nitrogens with one attached hydrogen (secondary N) is 1. The van der Waals surface area contributed by atoms with Gasteiger partial charge in [-0.1, -0.05) is 24.3 Å². The molecular weight excluding hydrogens is 292 g/mol. The van der Waals surface area contributed by atoms with Gasteiger partial charge in [0.05, 0.1) is 0 Å². The zero-order chi connectivity index (χ0) is 15.9. The van der Waals surface area contributed by atoms with Gasteiger partial charge in [0.25, 0.3) is 5.91 Å². The number of carbonyl (C=O) groups excluding carboxylic acids is 1. The lowest BCUT2D eigenvalue weighted by molar-refractivity contribution is 0.0951. The molecule has 0 aliphatic carbocycles. The van der Waals surface area contributed by atoms with Crippen LogP contribution in [-0.2, 0) is 12.3 Å².